The lowest BCUT2D eigenvalue weighted by atomic mass is 10.1. The average Bonchev–Trinajstić information content (AvgIpc) is 2.61. The van der Waals surface area contributed by atoms with Gasteiger partial charge in [-0.15, -0.1) is 0 Å². The molecule has 2 rings (SSSR count). The monoisotopic (exact) mass is 266 g/mol. The normalized spacial score (nSPS) is 19.7. The Balaban J connectivity index is 1.94. The first-order valence-corrected chi connectivity index (χ1v) is 6.54. The van der Waals surface area contributed by atoms with E-state index in [1.165, 1.54) is 13.2 Å². The molecule has 0 bridgehead atoms. The van der Waals surface area contributed by atoms with Crippen molar-refractivity contribution in [3.8, 4) is 5.75 Å². The first-order chi connectivity index (χ1) is 9.20. The smallest absolute Gasteiger partial charge is 0.237 e. The highest BCUT2D eigenvalue weighted by molar-refractivity contribution is 5.81. The Hall–Kier alpha value is -1.62. The number of hydrogen-bond donors (Lipinski definition) is 2. The molecule has 0 saturated carbocycles. The minimum absolute atomic E-state index is 0.0338. The van der Waals surface area contributed by atoms with Crippen molar-refractivity contribution < 1.29 is 13.9 Å². The fourth-order valence-electron chi connectivity index (χ4n) is 2.20. The highest BCUT2D eigenvalue weighted by Gasteiger charge is 2.19. The number of rotatable bonds is 4. The van der Waals surface area contributed by atoms with Crippen molar-refractivity contribution in [3.63, 3.8) is 0 Å². The van der Waals surface area contributed by atoms with Crippen LogP contribution in [0.25, 0.3) is 0 Å². The van der Waals surface area contributed by atoms with E-state index in [1.54, 1.807) is 12.1 Å². The number of carbonyl (C=O) groups excluding carboxylic acids is 1. The molecule has 0 unspecified atom stereocenters. The van der Waals surface area contributed by atoms with Gasteiger partial charge in [0.2, 0.25) is 5.91 Å². The van der Waals surface area contributed by atoms with Gasteiger partial charge in [-0.2, -0.15) is 0 Å². The number of ether oxygens (including phenoxy) is 1. The maximum absolute atomic E-state index is 13.5. The zero-order valence-electron chi connectivity index (χ0n) is 11.0. The van der Waals surface area contributed by atoms with Crippen LogP contribution in [-0.2, 0) is 11.3 Å². The fourth-order valence-corrected chi connectivity index (χ4v) is 2.20. The van der Waals surface area contributed by atoms with E-state index >= 15 is 0 Å². The van der Waals surface area contributed by atoms with Gasteiger partial charge in [0.25, 0.3) is 0 Å². The lowest BCUT2D eigenvalue weighted by molar-refractivity contribution is -0.122. The van der Waals surface area contributed by atoms with Gasteiger partial charge in [0, 0.05) is 13.1 Å². The lowest BCUT2D eigenvalue weighted by Crippen LogP contribution is -2.42. The van der Waals surface area contributed by atoms with Crippen LogP contribution >= 0.6 is 0 Å². The van der Waals surface area contributed by atoms with Crippen molar-refractivity contribution in [2.45, 2.75) is 31.8 Å². The quantitative estimate of drug-likeness (QED) is 0.870. The maximum atomic E-state index is 13.5. The Morgan fingerprint density at radius 1 is 1.47 bits per heavy atom. The van der Waals surface area contributed by atoms with Gasteiger partial charge in [-0.25, -0.2) is 4.39 Å². The second-order valence-corrected chi connectivity index (χ2v) is 4.69. The molecule has 1 heterocycles. The molecule has 1 atom stereocenters. The number of halogens is 1. The summed E-state index contributed by atoms with van der Waals surface area (Å²) in [6.45, 7) is 1.22. The highest BCUT2D eigenvalue weighted by Crippen LogP contribution is 2.17. The molecule has 0 radical (unpaired) electrons. The van der Waals surface area contributed by atoms with E-state index in [0.29, 0.717) is 6.54 Å². The van der Waals surface area contributed by atoms with Gasteiger partial charge in [-0.05, 0) is 37.0 Å². The largest absolute Gasteiger partial charge is 0.494 e. The van der Waals surface area contributed by atoms with Crippen LogP contribution in [0.5, 0.6) is 5.75 Å². The third-order valence-corrected chi connectivity index (χ3v) is 3.30. The van der Waals surface area contributed by atoms with E-state index in [1.807, 2.05) is 0 Å². The molecule has 0 aromatic heterocycles. The average molecular weight is 266 g/mol. The third kappa shape index (κ3) is 3.67. The number of methoxy groups -OCH3 is 1. The highest BCUT2D eigenvalue weighted by atomic mass is 19.1. The number of hydrogen-bond acceptors (Lipinski definition) is 3. The summed E-state index contributed by atoms with van der Waals surface area (Å²) in [4.78, 5) is 11.7. The Kier molecular flexibility index (Phi) is 4.74. The van der Waals surface area contributed by atoms with Gasteiger partial charge >= 0.3 is 0 Å². The summed E-state index contributed by atoms with van der Waals surface area (Å²) < 4.78 is 18.4. The maximum Gasteiger partial charge on any atom is 0.237 e. The molecule has 1 aromatic rings. The summed E-state index contributed by atoms with van der Waals surface area (Å²) in [5.74, 6) is -0.116. The minimum atomic E-state index is -0.382. The van der Waals surface area contributed by atoms with Gasteiger partial charge in [0.1, 0.15) is 0 Å². The zero-order valence-corrected chi connectivity index (χ0v) is 11.0. The summed E-state index contributed by atoms with van der Waals surface area (Å²) in [6, 6.07) is 4.64. The molecule has 1 fully saturated rings. The van der Waals surface area contributed by atoms with Crippen molar-refractivity contribution >= 4 is 5.91 Å². The van der Waals surface area contributed by atoms with Crippen LogP contribution in [0.15, 0.2) is 18.2 Å². The summed E-state index contributed by atoms with van der Waals surface area (Å²) in [6.07, 6.45) is 2.86. The number of amides is 1. The third-order valence-electron chi connectivity index (χ3n) is 3.30. The van der Waals surface area contributed by atoms with Crippen molar-refractivity contribution in [2.24, 2.45) is 0 Å². The fraction of sp³-hybridized carbons (Fsp3) is 0.500. The molecule has 2 N–H and O–H groups in total. The van der Waals surface area contributed by atoms with E-state index in [0.717, 1.165) is 31.4 Å². The molecular weight excluding hydrogens is 247 g/mol. The Bertz CT molecular complexity index is 451. The standard InChI is InChI=1S/C14H19FN2O2/c1-19-13-6-5-10(8-11(13)15)9-17-12-4-2-3-7-16-14(12)18/h5-6,8,12,17H,2-4,7,9H2,1H3,(H,16,18)/t12-/m1/s1. The van der Waals surface area contributed by atoms with Crippen molar-refractivity contribution in [3.05, 3.63) is 29.6 Å². The molecule has 19 heavy (non-hydrogen) atoms. The van der Waals surface area contributed by atoms with E-state index in [4.69, 9.17) is 4.74 Å². The molecule has 1 aliphatic heterocycles. The topological polar surface area (TPSA) is 50.4 Å². The molecule has 1 saturated heterocycles. The molecule has 4 nitrogen and oxygen atoms in total. The van der Waals surface area contributed by atoms with Crippen molar-refractivity contribution in [1.82, 2.24) is 10.6 Å². The molecule has 1 amide bonds. The summed E-state index contributed by atoms with van der Waals surface area (Å²) in [5.41, 5.74) is 0.801. The molecular formula is C14H19FN2O2. The SMILES string of the molecule is COc1ccc(CN[C@@H]2CCCCNC2=O)cc1F. The molecule has 0 aliphatic carbocycles. The molecule has 1 aromatic carbocycles. The summed E-state index contributed by atoms with van der Waals surface area (Å²) in [7, 11) is 1.44. The van der Waals surface area contributed by atoms with Gasteiger partial charge in [0.15, 0.2) is 11.6 Å². The number of carbonyl (C=O) groups is 1. The molecule has 5 heteroatoms. The Labute approximate surface area is 112 Å². The second-order valence-electron chi connectivity index (χ2n) is 4.69. The second kappa shape index (κ2) is 6.52. The molecule has 104 valence electrons. The van der Waals surface area contributed by atoms with E-state index in [2.05, 4.69) is 10.6 Å². The summed E-state index contributed by atoms with van der Waals surface area (Å²) >= 11 is 0. The Morgan fingerprint density at radius 3 is 3.05 bits per heavy atom. The number of benzene rings is 1. The van der Waals surface area contributed by atoms with Gasteiger partial charge in [0.05, 0.1) is 13.2 Å². The van der Waals surface area contributed by atoms with E-state index in [9.17, 15) is 9.18 Å². The van der Waals surface area contributed by atoms with Crippen LogP contribution < -0.4 is 15.4 Å². The number of nitrogens with one attached hydrogen (secondary N) is 2. The van der Waals surface area contributed by atoms with Gasteiger partial charge in [-0.3, -0.25) is 4.79 Å². The molecule has 0 spiro atoms. The van der Waals surface area contributed by atoms with Gasteiger partial charge in [-0.1, -0.05) is 6.07 Å². The predicted octanol–water partition coefficient (Wildman–Crippen LogP) is 1.59. The first-order valence-electron chi connectivity index (χ1n) is 6.54. The first kappa shape index (κ1) is 13.8. The summed E-state index contributed by atoms with van der Waals surface area (Å²) in [5, 5.41) is 6.04. The van der Waals surface area contributed by atoms with E-state index < -0.39 is 0 Å². The van der Waals surface area contributed by atoms with Crippen LogP contribution in [0.1, 0.15) is 24.8 Å². The van der Waals surface area contributed by atoms with Crippen LogP contribution in [0, 0.1) is 5.82 Å². The van der Waals surface area contributed by atoms with Crippen LogP contribution in [-0.4, -0.2) is 25.6 Å². The predicted molar refractivity (Wildman–Crippen MR) is 70.4 cm³/mol. The lowest BCUT2D eigenvalue weighted by Gasteiger charge is -2.15. The molecule has 1 aliphatic rings. The van der Waals surface area contributed by atoms with Crippen molar-refractivity contribution in [2.75, 3.05) is 13.7 Å². The zero-order chi connectivity index (χ0) is 13.7. The van der Waals surface area contributed by atoms with Gasteiger partial charge < -0.3 is 15.4 Å². The van der Waals surface area contributed by atoms with Crippen LogP contribution in [0.2, 0.25) is 0 Å². The minimum Gasteiger partial charge on any atom is -0.494 e. The van der Waals surface area contributed by atoms with Crippen LogP contribution in [0.3, 0.4) is 0 Å². The van der Waals surface area contributed by atoms with E-state index in [-0.39, 0.29) is 23.5 Å². The van der Waals surface area contributed by atoms with Crippen molar-refractivity contribution in [1.29, 1.82) is 0 Å². The van der Waals surface area contributed by atoms with Crippen LogP contribution in [0.4, 0.5) is 4.39 Å². The Morgan fingerprint density at radius 2 is 2.32 bits per heavy atom.